The molecule has 1 amide bonds. The van der Waals surface area contributed by atoms with Crippen molar-refractivity contribution in [2.75, 3.05) is 19.7 Å². The second kappa shape index (κ2) is 7.25. The van der Waals surface area contributed by atoms with Crippen molar-refractivity contribution in [3.63, 3.8) is 0 Å². The van der Waals surface area contributed by atoms with Crippen LogP contribution < -0.4 is 10.6 Å². The number of ether oxygens (including phenoxy) is 1. The Labute approximate surface area is 132 Å². The maximum absolute atomic E-state index is 12.1. The molecule has 1 saturated heterocycles. The van der Waals surface area contributed by atoms with Gasteiger partial charge in [-0.1, -0.05) is 29.8 Å². The highest BCUT2D eigenvalue weighted by Gasteiger charge is 2.28. The van der Waals surface area contributed by atoms with Crippen LogP contribution in [0.25, 0.3) is 0 Å². The highest BCUT2D eigenvalue weighted by Crippen LogP contribution is 2.29. The fourth-order valence-corrected chi connectivity index (χ4v) is 2.98. The van der Waals surface area contributed by atoms with Gasteiger partial charge in [0, 0.05) is 6.61 Å². The van der Waals surface area contributed by atoms with Crippen LogP contribution in [0.15, 0.2) is 24.3 Å². The molecule has 2 atom stereocenters. The normalized spacial score (nSPS) is 25.0. The molecule has 1 aromatic carbocycles. The monoisotopic (exact) mass is 302 g/mol. The maximum atomic E-state index is 12.1. The van der Waals surface area contributed by atoms with E-state index in [2.05, 4.69) is 41.8 Å². The van der Waals surface area contributed by atoms with E-state index in [4.69, 9.17) is 4.74 Å². The lowest BCUT2D eigenvalue weighted by atomic mass is 9.95. The van der Waals surface area contributed by atoms with E-state index >= 15 is 0 Å². The number of amides is 1. The molecule has 0 radical (unpaired) electrons. The van der Waals surface area contributed by atoms with E-state index in [0.29, 0.717) is 6.54 Å². The Morgan fingerprint density at radius 2 is 2.00 bits per heavy atom. The van der Waals surface area contributed by atoms with Crippen LogP contribution in [0.5, 0.6) is 0 Å². The summed E-state index contributed by atoms with van der Waals surface area (Å²) in [6.45, 7) is 4.23. The predicted molar refractivity (Wildman–Crippen MR) is 86.6 cm³/mol. The van der Waals surface area contributed by atoms with Gasteiger partial charge < -0.3 is 15.4 Å². The number of rotatable bonds is 6. The van der Waals surface area contributed by atoms with E-state index in [1.165, 1.54) is 18.4 Å². The molecule has 1 saturated carbocycles. The molecule has 2 aliphatic rings. The fourth-order valence-electron chi connectivity index (χ4n) is 2.98. The van der Waals surface area contributed by atoms with Crippen molar-refractivity contribution in [2.24, 2.45) is 5.92 Å². The van der Waals surface area contributed by atoms with Crippen LogP contribution in [0.4, 0.5) is 0 Å². The number of aryl methyl sites for hydroxylation is 1. The Balaban J connectivity index is 1.54. The smallest absolute Gasteiger partial charge is 0.234 e. The zero-order valence-corrected chi connectivity index (χ0v) is 13.3. The van der Waals surface area contributed by atoms with Gasteiger partial charge in [-0.15, -0.1) is 0 Å². The molecule has 1 aromatic rings. The number of hydrogen-bond donors (Lipinski definition) is 2. The van der Waals surface area contributed by atoms with Crippen molar-refractivity contribution in [1.82, 2.24) is 10.6 Å². The zero-order valence-electron chi connectivity index (χ0n) is 13.3. The first-order valence-corrected chi connectivity index (χ1v) is 8.40. The van der Waals surface area contributed by atoms with Crippen molar-refractivity contribution in [1.29, 1.82) is 0 Å². The van der Waals surface area contributed by atoms with E-state index in [9.17, 15) is 4.79 Å². The minimum absolute atomic E-state index is 0.0262. The average molecular weight is 302 g/mol. The van der Waals surface area contributed by atoms with Gasteiger partial charge in [0.05, 0.1) is 12.6 Å². The summed E-state index contributed by atoms with van der Waals surface area (Å²) >= 11 is 0. The Morgan fingerprint density at radius 1 is 1.23 bits per heavy atom. The van der Waals surface area contributed by atoms with Gasteiger partial charge in [-0.05, 0) is 50.6 Å². The average Bonchev–Trinajstić information content (AvgIpc) is 3.33. The lowest BCUT2D eigenvalue weighted by Gasteiger charge is -2.32. The molecule has 2 unspecified atom stereocenters. The number of benzene rings is 1. The highest BCUT2D eigenvalue weighted by molar-refractivity contribution is 5.78. The molecular weight excluding hydrogens is 276 g/mol. The summed E-state index contributed by atoms with van der Waals surface area (Å²) in [6, 6.07) is 8.49. The van der Waals surface area contributed by atoms with Crippen LogP contribution in [-0.4, -0.2) is 31.6 Å². The largest absolute Gasteiger partial charge is 0.371 e. The van der Waals surface area contributed by atoms with E-state index in [1.54, 1.807) is 0 Å². The maximum Gasteiger partial charge on any atom is 0.234 e. The summed E-state index contributed by atoms with van der Waals surface area (Å²) in [4.78, 5) is 12.1. The van der Waals surface area contributed by atoms with Crippen LogP contribution in [0.2, 0.25) is 0 Å². The van der Waals surface area contributed by atoms with Crippen LogP contribution in [-0.2, 0) is 9.53 Å². The van der Waals surface area contributed by atoms with Gasteiger partial charge in [0.1, 0.15) is 6.10 Å². The third-order valence-corrected chi connectivity index (χ3v) is 4.49. The van der Waals surface area contributed by atoms with Crippen molar-refractivity contribution >= 4 is 5.91 Å². The molecule has 1 heterocycles. The van der Waals surface area contributed by atoms with Crippen LogP contribution in [0.3, 0.4) is 0 Å². The summed E-state index contributed by atoms with van der Waals surface area (Å²) in [5.74, 6) is 0.874. The summed E-state index contributed by atoms with van der Waals surface area (Å²) in [5.41, 5.74) is 2.39. The first kappa shape index (κ1) is 15.5. The van der Waals surface area contributed by atoms with Crippen molar-refractivity contribution in [2.45, 2.75) is 44.8 Å². The number of nitrogens with one attached hydrogen (secondary N) is 2. The second-order valence-electron chi connectivity index (χ2n) is 6.59. The van der Waals surface area contributed by atoms with E-state index in [-0.39, 0.29) is 18.1 Å². The summed E-state index contributed by atoms with van der Waals surface area (Å²) < 4.78 is 5.93. The molecule has 4 heteroatoms. The second-order valence-corrected chi connectivity index (χ2v) is 6.59. The molecule has 1 aliphatic heterocycles. The zero-order chi connectivity index (χ0) is 15.4. The summed E-state index contributed by atoms with van der Waals surface area (Å²) in [7, 11) is 0. The molecule has 3 rings (SSSR count). The van der Waals surface area contributed by atoms with Crippen LogP contribution >= 0.6 is 0 Å². The van der Waals surface area contributed by atoms with Gasteiger partial charge >= 0.3 is 0 Å². The van der Waals surface area contributed by atoms with Gasteiger partial charge in [0.15, 0.2) is 0 Å². The third kappa shape index (κ3) is 4.31. The van der Waals surface area contributed by atoms with E-state index < -0.39 is 0 Å². The SMILES string of the molecule is Cc1ccc(C2OCCCC2NC(=O)CNCC2CC2)cc1. The molecule has 4 nitrogen and oxygen atoms in total. The first-order chi connectivity index (χ1) is 10.7. The Kier molecular flexibility index (Phi) is 5.11. The van der Waals surface area contributed by atoms with Gasteiger partial charge in [-0.2, -0.15) is 0 Å². The molecule has 2 N–H and O–H groups in total. The highest BCUT2D eigenvalue weighted by atomic mass is 16.5. The first-order valence-electron chi connectivity index (χ1n) is 8.40. The van der Waals surface area contributed by atoms with Gasteiger partial charge in [-0.3, -0.25) is 4.79 Å². The molecule has 0 bridgehead atoms. The third-order valence-electron chi connectivity index (χ3n) is 4.49. The topological polar surface area (TPSA) is 50.4 Å². The van der Waals surface area contributed by atoms with Gasteiger partial charge in [0.2, 0.25) is 5.91 Å². The van der Waals surface area contributed by atoms with E-state index in [1.807, 2.05) is 0 Å². The van der Waals surface area contributed by atoms with Crippen molar-refractivity contribution < 1.29 is 9.53 Å². The lowest BCUT2D eigenvalue weighted by molar-refractivity contribution is -0.123. The number of hydrogen-bond acceptors (Lipinski definition) is 3. The van der Waals surface area contributed by atoms with Crippen LogP contribution in [0, 0.1) is 12.8 Å². The van der Waals surface area contributed by atoms with Crippen LogP contribution in [0.1, 0.15) is 42.9 Å². The standard InChI is InChI=1S/C18H26N2O2/c1-13-4-8-15(9-5-13)18-16(3-2-10-22-18)20-17(21)12-19-11-14-6-7-14/h4-5,8-9,14,16,18-19H,2-3,6-7,10-12H2,1H3,(H,20,21). The molecule has 2 fully saturated rings. The van der Waals surface area contributed by atoms with Crippen molar-refractivity contribution in [3.8, 4) is 0 Å². The minimum Gasteiger partial charge on any atom is -0.371 e. The molecule has 120 valence electrons. The predicted octanol–water partition coefficient (Wildman–Crippen LogP) is 2.33. The fraction of sp³-hybridized carbons (Fsp3) is 0.611. The number of carbonyl (C=O) groups is 1. The Bertz CT molecular complexity index is 496. The Morgan fingerprint density at radius 3 is 2.73 bits per heavy atom. The summed E-state index contributed by atoms with van der Waals surface area (Å²) in [5, 5.41) is 6.40. The molecule has 22 heavy (non-hydrogen) atoms. The van der Waals surface area contributed by atoms with Crippen molar-refractivity contribution in [3.05, 3.63) is 35.4 Å². The van der Waals surface area contributed by atoms with Gasteiger partial charge in [0.25, 0.3) is 0 Å². The number of carbonyl (C=O) groups excluding carboxylic acids is 1. The molecule has 0 spiro atoms. The Hall–Kier alpha value is -1.39. The molecular formula is C18H26N2O2. The minimum atomic E-state index is -0.0262. The summed E-state index contributed by atoms with van der Waals surface area (Å²) in [6.07, 6.45) is 4.57. The molecule has 1 aliphatic carbocycles. The molecule has 0 aromatic heterocycles. The van der Waals surface area contributed by atoms with Gasteiger partial charge in [-0.25, -0.2) is 0 Å². The van der Waals surface area contributed by atoms with E-state index in [0.717, 1.165) is 37.5 Å². The lowest BCUT2D eigenvalue weighted by Crippen LogP contribution is -2.46. The quantitative estimate of drug-likeness (QED) is 0.848.